The molecule has 12 rings (SSSR count). The third-order valence-corrected chi connectivity index (χ3v) is 13.5. The average Bonchev–Trinajstić information content (AvgIpc) is 3.44. The number of rotatable bonds is 10. The Balaban J connectivity index is 1.13. The van der Waals surface area contributed by atoms with E-state index in [4.69, 9.17) is 0 Å². The van der Waals surface area contributed by atoms with Crippen molar-refractivity contribution < 1.29 is 0 Å². The molecule has 0 aliphatic rings. The second-order valence-electron chi connectivity index (χ2n) is 17.5. The Labute approximate surface area is 404 Å². The summed E-state index contributed by atoms with van der Waals surface area (Å²) in [4.78, 5) is 2.49. The van der Waals surface area contributed by atoms with Crippen molar-refractivity contribution in [3.8, 4) is 77.9 Å². The number of benzene rings is 12. The van der Waals surface area contributed by atoms with Crippen LogP contribution in [0.5, 0.6) is 0 Å². The van der Waals surface area contributed by atoms with Gasteiger partial charge in [-0.1, -0.05) is 261 Å². The molecule has 0 aliphatic heterocycles. The molecule has 0 atom stereocenters. The van der Waals surface area contributed by atoms with Gasteiger partial charge in [0.15, 0.2) is 0 Å². The zero-order chi connectivity index (χ0) is 45.9. The van der Waals surface area contributed by atoms with E-state index >= 15 is 0 Å². The van der Waals surface area contributed by atoms with Gasteiger partial charge in [0.1, 0.15) is 0 Å². The van der Waals surface area contributed by atoms with Gasteiger partial charge in [0, 0.05) is 22.5 Å². The molecule has 0 heterocycles. The fourth-order valence-corrected chi connectivity index (χ4v) is 10.4. The summed E-state index contributed by atoms with van der Waals surface area (Å²) in [7, 11) is 0. The van der Waals surface area contributed by atoms with E-state index in [1.165, 1.54) is 71.6 Å². The summed E-state index contributed by atoms with van der Waals surface area (Å²) in [6.07, 6.45) is 0. The molecule has 0 aliphatic carbocycles. The van der Waals surface area contributed by atoms with Crippen LogP contribution in [0, 0.1) is 0 Å². The molecule has 12 aromatic rings. The molecule has 0 N–H and O–H groups in total. The van der Waals surface area contributed by atoms with Crippen LogP contribution in [0.15, 0.2) is 285 Å². The van der Waals surface area contributed by atoms with E-state index in [2.05, 4.69) is 290 Å². The maximum atomic E-state index is 2.49. The number of nitrogens with zero attached hydrogens (tertiary/aromatic N) is 1. The summed E-state index contributed by atoms with van der Waals surface area (Å²) in [5, 5.41) is 4.86. The van der Waals surface area contributed by atoms with Crippen molar-refractivity contribution >= 4 is 38.6 Å². The van der Waals surface area contributed by atoms with E-state index in [0.29, 0.717) is 0 Å². The summed E-state index contributed by atoms with van der Waals surface area (Å²) in [6, 6.07) is 104. The molecule has 0 bridgehead atoms. The van der Waals surface area contributed by atoms with Crippen molar-refractivity contribution in [1.29, 1.82) is 0 Å². The van der Waals surface area contributed by atoms with Gasteiger partial charge in [-0.05, 0) is 113 Å². The molecule has 0 fully saturated rings. The zero-order valence-electron chi connectivity index (χ0n) is 38.1. The minimum Gasteiger partial charge on any atom is -0.309 e. The summed E-state index contributed by atoms with van der Waals surface area (Å²) >= 11 is 0. The Morgan fingerprint density at radius 3 is 0.986 bits per heavy atom. The van der Waals surface area contributed by atoms with Gasteiger partial charge in [-0.25, -0.2) is 0 Å². The third-order valence-electron chi connectivity index (χ3n) is 13.5. The third kappa shape index (κ3) is 7.76. The lowest BCUT2D eigenvalue weighted by molar-refractivity contribution is 1.29. The second-order valence-corrected chi connectivity index (χ2v) is 17.5. The van der Waals surface area contributed by atoms with Crippen LogP contribution in [0.3, 0.4) is 0 Å². The Kier molecular flexibility index (Phi) is 11.0. The molecule has 1 heteroatoms. The first kappa shape index (κ1) is 41.4. The van der Waals surface area contributed by atoms with E-state index < -0.39 is 0 Å². The van der Waals surface area contributed by atoms with Crippen LogP contribution in [-0.2, 0) is 0 Å². The first-order valence-corrected chi connectivity index (χ1v) is 23.8. The highest BCUT2D eigenvalue weighted by atomic mass is 15.1. The average molecular weight is 878 g/mol. The highest BCUT2D eigenvalue weighted by molar-refractivity contribution is 6.22. The minimum atomic E-state index is 1.06. The summed E-state index contributed by atoms with van der Waals surface area (Å²) < 4.78 is 0. The number of fused-ring (bicyclic) bond motifs is 3. The number of anilines is 3. The molecule has 0 amide bonds. The minimum absolute atomic E-state index is 1.06. The van der Waals surface area contributed by atoms with Crippen LogP contribution < -0.4 is 4.90 Å². The lowest BCUT2D eigenvalue weighted by Crippen LogP contribution is -2.13. The lowest BCUT2D eigenvalue weighted by Gasteiger charge is -2.31. The Hall–Kier alpha value is -9.04. The van der Waals surface area contributed by atoms with Crippen molar-refractivity contribution in [3.63, 3.8) is 0 Å². The Bertz CT molecular complexity index is 3660. The maximum Gasteiger partial charge on any atom is 0.0618 e. The van der Waals surface area contributed by atoms with E-state index in [1.54, 1.807) is 0 Å². The molecule has 12 aromatic carbocycles. The van der Waals surface area contributed by atoms with E-state index in [-0.39, 0.29) is 0 Å². The molecule has 0 spiro atoms. The lowest BCUT2D eigenvalue weighted by atomic mass is 9.85. The van der Waals surface area contributed by atoms with E-state index in [0.717, 1.165) is 44.9 Å². The second kappa shape index (κ2) is 18.3. The molecule has 324 valence electrons. The topological polar surface area (TPSA) is 3.24 Å². The number of hydrogen-bond acceptors (Lipinski definition) is 1. The van der Waals surface area contributed by atoms with Crippen LogP contribution >= 0.6 is 0 Å². The molecular weight excluding hydrogens is 831 g/mol. The molecular formula is C68H47N. The highest BCUT2D eigenvalue weighted by Crippen LogP contribution is 2.50. The van der Waals surface area contributed by atoms with Crippen molar-refractivity contribution in [1.82, 2.24) is 0 Å². The van der Waals surface area contributed by atoms with E-state index in [1.807, 2.05) is 0 Å². The van der Waals surface area contributed by atoms with Crippen molar-refractivity contribution in [2.45, 2.75) is 0 Å². The van der Waals surface area contributed by atoms with Gasteiger partial charge < -0.3 is 4.90 Å². The van der Waals surface area contributed by atoms with Gasteiger partial charge in [0.25, 0.3) is 0 Å². The van der Waals surface area contributed by atoms with E-state index in [9.17, 15) is 0 Å². The largest absolute Gasteiger partial charge is 0.309 e. The van der Waals surface area contributed by atoms with Crippen molar-refractivity contribution in [3.05, 3.63) is 285 Å². The van der Waals surface area contributed by atoms with Gasteiger partial charge in [-0.2, -0.15) is 0 Å². The number of hydrogen-bond donors (Lipinski definition) is 0. The molecule has 1 nitrogen and oxygen atoms in total. The number of para-hydroxylation sites is 1. The maximum absolute atomic E-state index is 2.49. The molecule has 0 radical (unpaired) electrons. The first-order chi connectivity index (χ1) is 34.3. The quantitative estimate of drug-likeness (QED) is 0.124. The summed E-state index contributed by atoms with van der Waals surface area (Å²) in [5.74, 6) is 0. The Morgan fingerprint density at radius 1 is 0.188 bits per heavy atom. The van der Waals surface area contributed by atoms with Gasteiger partial charge in [0.2, 0.25) is 0 Å². The van der Waals surface area contributed by atoms with Crippen LogP contribution in [0.2, 0.25) is 0 Å². The van der Waals surface area contributed by atoms with Gasteiger partial charge in [0.05, 0.1) is 5.69 Å². The normalized spacial score (nSPS) is 11.2. The smallest absolute Gasteiger partial charge is 0.0618 e. The zero-order valence-corrected chi connectivity index (χ0v) is 38.1. The predicted molar refractivity (Wildman–Crippen MR) is 294 cm³/mol. The molecule has 0 saturated heterocycles. The van der Waals surface area contributed by atoms with Gasteiger partial charge >= 0.3 is 0 Å². The molecule has 69 heavy (non-hydrogen) atoms. The van der Waals surface area contributed by atoms with Crippen molar-refractivity contribution in [2.75, 3.05) is 4.90 Å². The molecule has 0 unspecified atom stereocenters. The predicted octanol–water partition coefficient (Wildman–Crippen LogP) is 19.1. The first-order valence-electron chi connectivity index (χ1n) is 23.8. The summed E-state index contributed by atoms with van der Waals surface area (Å²) in [5.41, 5.74) is 19.9. The van der Waals surface area contributed by atoms with Crippen molar-refractivity contribution in [2.24, 2.45) is 0 Å². The highest BCUT2D eigenvalue weighted by Gasteiger charge is 2.25. The Morgan fingerprint density at radius 2 is 0.522 bits per heavy atom. The standard InChI is InChI=1S/C68H47N/c1-7-23-48(24-8-1)57-37-21-38-58(65(57)52-29-13-4-14-30-52)51-41-43-55(44-42-51)69(68-59(49-25-9-2-10-26-49)39-22-40-60(68)50-27-11-3-12-28-50)56-45-46-63-64(47-56)61-35-19-20-36-62(61)66(53-31-15-5-16-32-53)67(63)54-33-17-6-18-34-54/h1-47H. The molecule has 0 saturated carbocycles. The SMILES string of the molecule is c1ccc(-c2cccc(-c3ccc(N(c4ccc5c(-c6ccccc6)c(-c6ccccc6)c6ccccc6c5c4)c4c(-c5ccccc5)cccc4-c4ccccc4)cc3)c2-c2ccccc2)cc1. The van der Waals surface area contributed by atoms with Gasteiger partial charge in [-0.15, -0.1) is 0 Å². The van der Waals surface area contributed by atoms with Crippen LogP contribution in [0.4, 0.5) is 17.1 Å². The monoisotopic (exact) mass is 877 g/mol. The van der Waals surface area contributed by atoms with Gasteiger partial charge in [-0.3, -0.25) is 0 Å². The summed E-state index contributed by atoms with van der Waals surface area (Å²) in [6.45, 7) is 0. The fraction of sp³-hybridized carbons (Fsp3) is 0. The fourth-order valence-electron chi connectivity index (χ4n) is 10.4. The molecule has 0 aromatic heterocycles. The van der Waals surface area contributed by atoms with Crippen LogP contribution in [0.25, 0.3) is 99.4 Å². The van der Waals surface area contributed by atoms with Crippen LogP contribution in [-0.4, -0.2) is 0 Å². The van der Waals surface area contributed by atoms with Crippen LogP contribution in [0.1, 0.15) is 0 Å².